The molecule has 1 amide bonds. The summed E-state index contributed by atoms with van der Waals surface area (Å²) in [4.78, 5) is 21.2. The molecule has 0 aliphatic rings. The molecule has 94 valence electrons. The van der Waals surface area contributed by atoms with Crippen molar-refractivity contribution < 1.29 is 4.79 Å². The zero-order chi connectivity index (χ0) is 13.3. The summed E-state index contributed by atoms with van der Waals surface area (Å²) in [6.45, 7) is 0. The Kier molecular flexibility index (Phi) is 2.84. The van der Waals surface area contributed by atoms with Crippen LogP contribution in [0.4, 0.5) is 11.6 Å². The number of anilines is 2. The van der Waals surface area contributed by atoms with Crippen molar-refractivity contribution in [2.75, 3.05) is 24.7 Å². The van der Waals surface area contributed by atoms with Gasteiger partial charge in [0.25, 0.3) is 5.91 Å². The van der Waals surface area contributed by atoms with E-state index in [1.165, 1.54) is 10.9 Å². The Labute approximate surface area is 103 Å². The van der Waals surface area contributed by atoms with Gasteiger partial charge < -0.3 is 16.4 Å². The summed E-state index contributed by atoms with van der Waals surface area (Å²) in [5, 5.41) is 3.99. The van der Waals surface area contributed by atoms with E-state index in [4.69, 9.17) is 11.5 Å². The second kappa shape index (κ2) is 4.32. The Morgan fingerprint density at radius 2 is 2.17 bits per heavy atom. The molecule has 0 aliphatic carbocycles. The topological polar surface area (TPSA) is 116 Å². The summed E-state index contributed by atoms with van der Waals surface area (Å²) in [5.74, 6) is 0.364. The van der Waals surface area contributed by atoms with Gasteiger partial charge in [-0.2, -0.15) is 10.1 Å². The molecule has 2 heterocycles. The van der Waals surface area contributed by atoms with E-state index in [9.17, 15) is 4.79 Å². The van der Waals surface area contributed by atoms with E-state index in [0.717, 1.165) is 0 Å². The molecular formula is C10H13N7O. The van der Waals surface area contributed by atoms with E-state index >= 15 is 0 Å². The van der Waals surface area contributed by atoms with Gasteiger partial charge in [-0.1, -0.05) is 0 Å². The lowest BCUT2D eigenvalue weighted by atomic mass is 10.4. The van der Waals surface area contributed by atoms with Crippen LogP contribution in [-0.4, -0.2) is 39.8 Å². The van der Waals surface area contributed by atoms with Gasteiger partial charge in [0, 0.05) is 26.4 Å². The molecule has 0 aromatic carbocycles. The number of nitrogen functional groups attached to an aromatic ring is 1. The molecule has 18 heavy (non-hydrogen) atoms. The molecule has 0 atom stereocenters. The lowest BCUT2D eigenvalue weighted by molar-refractivity contribution is 0.0996. The number of carbonyl (C=O) groups is 1. The van der Waals surface area contributed by atoms with Crippen molar-refractivity contribution in [1.29, 1.82) is 0 Å². The first-order chi connectivity index (χ1) is 8.49. The van der Waals surface area contributed by atoms with Crippen LogP contribution < -0.4 is 16.4 Å². The molecule has 0 unspecified atom stereocenters. The van der Waals surface area contributed by atoms with Crippen LogP contribution >= 0.6 is 0 Å². The fraction of sp³-hybridized carbons (Fsp3) is 0.200. The number of nitrogens with two attached hydrogens (primary N) is 2. The standard InChI is InChI=1S/C10H13N7O/c1-16(2)10-13-4-3-7(14-10)17-5-6(11)8(15-17)9(12)18/h3-5H,11H2,1-2H3,(H2,12,18). The highest BCUT2D eigenvalue weighted by Crippen LogP contribution is 2.13. The molecule has 0 spiro atoms. The van der Waals surface area contributed by atoms with Crippen LogP contribution in [0.1, 0.15) is 10.5 Å². The average molecular weight is 247 g/mol. The van der Waals surface area contributed by atoms with Crippen molar-refractivity contribution in [3.05, 3.63) is 24.2 Å². The number of hydrogen-bond donors (Lipinski definition) is 2. The number of hydrogen-bond acceptors (Lipinski definition) is 6. The summed E-state index contributed by atoms with van der Waals surface area (Å²) in [6, 6.07) is 1.66. The quantitative estimate of drug-likeness (QED) is 0.748. The maximum absolute atomic E-state index is 11.1. The molecule has 0 fully saturated rings. The summed E-state index contributed by atoms with van der Waals surface area (Å²) in [6.07, 6.45) is 3.08. The van der Waals surface area contributed by atoms with E-state index in [1.807, 2.05) is 14.1 Å². The number of amides is 1. The van der Waals surface area contributed by atoms with Gasteiger partial charge in [-0.3, -0.25) is 4.79 Å². The van der Waals surface area contributed by atoms with Crippen LogP contribution in [-0.2, 0) is 0 Å². The van der Waals surface area contributed by atoms with Crippen molar-refractivity contribution in [3.8, 4) is 5.82 Å². The van der Waals surface area contributed by atoms with E-state index < -0.39 is 5.91 Å². The highest BCUT2D eigenvalue weighted by atomic mass is 16.1. The second-order valence-corrected chi connectivity index (χ2v) is 3.85. The summed E-state index contributed by atoms with van der Waals surface area (Å²) in [7, 11) is 3.65. The number of aromatic nitrogens is 4. The van der Waals surface area contributed by atoms with Gasteiger partial charge >= 0.3 is 0 Å². The highest BCUT2D eigenvalue weighted by Gasteiger charge is 2.13. The smallest absolute Gasteiger partial charge is 0.271 e. The fourth-order valence-corrected chi connectivity index (χ4v) is 1.38. The van der Waals surface area contributed by atoms with Gasteiger partial charge in [0.15, 0.2) is 11.5 Å². The van der Waals surface area contributed by atoms with Crippen LogP contribution in [0.25, 0.3) is 5.82 Å². The molecular weight excluding hydrogens is 234 g/mol. The van der Waals surface area contributed by atoms with Crippen LogP contribution in [0.5, 0.6) is 0 Å². The van der Waals surface area contributed by atoms with E-state index in [1.54, 1.807) is 17.2 Å². The molecule has 0 saturated heterocycles. The average Bonchev–Trinajstić information content (AvgIpc) is 2.71. The molecule has 2 aromatic rings. The SMILES string of the molecule is CN(C)c1nccc(-n2cc(N)c(C(N)=O)n2)n1. The minimum Gasteiger partial charge on any atom is -0.396 e. The van der Waals surface area contributed by atoms with Crippen molar-refractivity contribution in [2.45, 2.75) is 0 Å². The maximum Gasteiger partial charge on any atom is 0.271 e. The molecule has 0 saturated carbocycles. The molecule has 4 N–H and O–H groups in total. The first kappa shape index (κ1) is 11.8. The van der Waals surface area contributed by atoms with Gasteiger partial charge in [-0.05, 0) is 0 Å². The Morgan fingerprint density at radius 1 is 1.44 bits per heavy atom. The van der Waals surface area contributed by atoms with Crippen LogP contribution in [0.3, 0.4) is 0 Å². The molecule has 0 radical (unpaired) electrons. The molecule has 2 rings (SSSR count). The van der Waals surface area contributed by atoms with Gasteiger partial charge in [-0.25, -0.2) is 9.67 Å². The Bertz CT molecular complexity index is 590. The van der Waals surface area contributed by atoms with E-state index in [2.05, 4.69) is 15.1 Å². The molecule has 8 nitrogen and oxygen atoms in total. The lowest BCUT2D eigenvalue weighted by Crippen LogP contribution is -2.15. The van der Waals surface area contributed by atoms with Crippen LogP contribution in [0, 0.1) is 0 Å². The van der Waals surface area contributed by atoms with Gasteiger partial charge in [0.05, 0.1) is 11.9 Å². The zero-order valence-electron chi connectivity index (χ0n) is 10.0. The first-order valence-electron chi connectivity index (χ1n) is 5.14. The normalized spacial score (nSPS) is 10.3. The third kappa shape index (κ3) is 2.08. The first-order valence-corrected chi connectivity index (χ1v) is 5.14. The summed E-state index contributed by atoms with van der Waals surface area (Å²) < 4.78 is 1.39. The second-order valence-electron chi connectivity index (χ2n) is 3.85. The number of carbonyl (C=O) groups excluding carboxylic acids is 1. The molecule has 8 heteroatoms. The van der Waals surface area contributed by atoms with Gasteiger partial charge in [0.2, 0.25) is 5.95 Å². The monoisotopic (exact) mass is 247 g/mol. The number of rotatable bonds is 3. The molecule has 2 aromatic heterocycles. The molecule has 0 aliphatic heterocycles. The Balaban J connectivity index is 2.45. The van der Waals surface area contributed by atoms with Crippen molar-refractivity contribution in [1.82, 2.24) is 19.7 Å². The van der Waals surface area contributed by atoms with E-state index in [-0.39, 0.29) is 11.4 Å². The zero-order valence-corrected chi connectivity index (χ0v) is 10.0. The van der Waals surface area contributed by atoms with E-state index in [0.29, 0.717) is 11.8 Å². The molecule has 0 bridgehead atoms. The third-order valence-corrected chi connectivity index (χ3v) is 2.24. The van der Waals surface area contributed by atoms with Crippen molar-refractivity contribution >= 4 is 17.5 Å². The highest BCUT2D eigenvalue weighted by molar-refractivity contribution is 5.95. The fourth-order valence-electron chi connectivity index (χ4n) is 1.38. The van der Waals surface area contributed by atoms with Crippen LogP contribution in [0.2, 0.25) is 0 Å². The van der Waals surface area contributed by atoms with Gasteiger partial charge in [-0.15, -0.1) is 0 Å². The predicted octanol–water partition coefficient (Wildman–Crippen LogP) is -0.591. The predicted molar refractivity (Wildman–Crippen MR) is 66.4 cm³/mol. The minimum absolute atomic E-state index is 0.0278. The number of nitrogens with zero attached hydrogens (tertiary/aromatic N) is 5. The summed E-state index contributed by atoms with van der Waals surface area (Å²) in [5.41, 5.74) is 11.0. The minimum atomic E-state index is -0.673. The van der Waals surface area contributed by atoms with Crippen molar-refractivity contribution in [3.63, 3.8) is 0 Å². The largest absolute Gasteiger partial charge is 0.396 e. The van der Waals surface area contributed by atoms with Gasteiger partial charge in [0.1, 0.15) is 0 Å². The Hall–Kier alpha value is -2.64. The Morgan fingerprint density at radius 3 is 2.72 bits per heavy atom. The third-order valence-electron chi connectivity index (χ3n) is 2.24. The van der Waals surface area contributed by atoms with Crippen molar-refractivity contribution in [2.24, 2.45) is 5.73 Å². The lowest BCUT2D eigenvalue weighted by Gasteiger charge is -2.10. The maximum atomic E-state index is 11.1. The van der Waals surface area contributed by atoms with Crippen LogP contribution in [0.15, 0.2) is 18.5 Å². The number of primary amides is 1. The summed E-state index contributed by atoms with van der Waals surface area (Å²) >= 11 is 0.